The van der Waals surface area contributed by atoms with Gasteiger partial charge in [-0.25, -0.2) is 4.99 Å². The molecule has 1 aromatic heterocycles. The van der Waals surface area contributed by atoms with Gasteiger partial charge in [0.15, 0.2) is 5.96 Å². The lowest BCUT2D eigenvalue weighted by molar-refractivity contribution is 0.306. The minimum Gasteiger partial charge on any atom is -0.489 e. The molecule has 0 radical (unpaired) electrons. The lowest BCUT2D eigenvalue weighted by Crippen LogP contribution is -2.37. The van der Waals surface area contributed by atoms with E-state index < -0.39 is 0 Å². The Morgan fingerprint density at radius 3 is 2.45 bits per heavy atom. The first-order valence-electron chi connectivity index (χ1n) is 10.3. The molecule has 0 spiro atoms. The molecule has 0 amide bonds. The van der Waals surface area contributed by atoms with Crippen LogP contribution in [-0.2, 0) is 26.7 Å². The molecule has 166 valence electrons. The number of hydrogen-bond acceptors (Lipinski definition) is 3. The zero-order chi connectivity index (χ0) is 21.3. The molecule has 2 aromatic carbocycles. The van der Waals surface area contributed by atoms with Crippen molar-refractivity contribution in [3.63, 3.8) is 0 Å². The van der Waals surface area contributed by atoms with Gasteiger partial charge in [0.2, 0.25) is 0 Å². The monoisotopic (exact) mass is 533 g/mol. The topological polar surface area (TPSA) is 63.5 Å². The Hall–Kier alpha value is -2.55. The van der Waals surface area contributed by atoms with Crippen LogP contribution in [0.4, 0.5) is 0 Å². The molecule has 7 heteroatoms. The van der Waals surface area contributed by atoms with Crippen molar-refractivity contribution in [3.8, 4) is 5.75 Å². The maximum atomic E-state index is 5.93. The number of hydrogen-bond donors (Lipinski definition) is 2. The number of rotatable bonds is 8. The second-order valence-corrected chi connectivity index (χ2v) is 7.24. The van der Waals surface area contributed by atoms with Crippen LogP contribution in [0, 0.1) is 13.8 Å². The quantitative estimate of drug-likeness (QED) is 0.255. The van der Waals surface area contributed by atoms with Crippen molar-refractivity contribution in [2.24, 2.45) is 12.0 Å². The number of nitrogens with zero attached hydrogens (tertiary/aromatic N) is 3. The smallest absolute Gasteiger partial charge is 0.191 e. The van der Waals surface area contributed by atoms with Crippen LogP contribution in [0.2, 0.25) is 0 Å². The predicted octanol–water partition coefficient (Wildman–Crippen LogP) is 4.49. The Labute approximate surface area is 202 Å². The van der Waals surface area contributed by atoms with E-state index in [0.717, 1.165) is 35.1 Å². The van der Waals surface area contributed by atoms with Gasteiger partial charge in [0.1, 0.15) is 12.4 Å². The van der Waals surface area contributed by atoms with Gasteiger partial charge in [-0.15, -0.1) is 24.0 Å². The fourth-order valence-corrected chi connectivity index (χ4v) is 3.23. The first kappa shape index (κ1) is 24.7. The molecular formula is C24H32IN5O. The van der Waals surface area contributed by atoms with E-state index in [0.29, 0.717) is 19.7 Å². The summed E-state index contributed by atoms with van der Waals surface area (Å²) in [6, 6.07) is 18.3. The van der Waals surface area contributed by atoms with E-state index >= 15 is 0 Å². The minimum absolute atomic E-state index is 0. The maximum Gasteiger partial charge on any atom is 0.191 e. The van der Waals surface area contributed by atoms with Crippen molar-refractivity contribution >= 4 is 29.9 Å². The van der Waals surface area contributed by atoms with Crippen molar-refractivity contribution in [3.05, 3.63) is 82.7 Å². The summed E-state index contributed by atoms with van der Waals surface area (Å²) in [5.41, 5.74) is 5.67. The molecule has 1 heterocycles. The average Bonchev–Trinajstić information content (AvgIpc) is 3.01. The zero-order valence-electron chi connectivity index (χ0n) is 18.7. The molecule has 0 saturated carbocycles. The van der Waals surface area contributed by atoms with Crippen molar-refractivity contribution in [1.29, 1.82) is 0 Å². The van der Waals surface area contributed by atoms with Gasteiger partial charge in [0, 0.05) is 31.4 Å². The second kappa shape index (κ2) is 12.3. The summed E-state index contributed by atoms with van der Waals surface area (Å²) >= 11 is 0. The van der Waals surface area contributed by atoms with Crippen LogP contribution in [0.1, 0.15) is 35.0 Å². The second-order valence-electron chi connectivity index (χ2n) is 7.24. The van der Waals surface area contributed by atoms with Gasteiger partial charge >= 0.3 is 0 Å². The van der Waals surface area contributed by atoms with E-state index in [1.54, 1.807) is 0 Å². The molecule has 0 saturated heterocycles. The van der Waals surface area contributed by atoms with Gasteiger partial charge in [0.25, 0.3) is 0 Å². The molecule has 2 N–H and O–H groups in total. The van der Waals surface area contributed by atoms with Crippen LogP contribution >= 0.6 is 24.0 Å². The van der Waals surface area contributed by atoms with Gasteiger partial charge in [-0.05, 0) is 44.0 Å². The molecule has 3 rings (SSSR count). The van der Waals surface area contributed by atoms with Crippen molar-refractivity contribution < 1.29 is 4.74 Å². The van der Waals surface area contributed by atoms with E-state index in [4.69, 9.17) is 9.73 Å². The lowest BCUT2D eigenvalue weighted by Gasteiger charge is -2.12. The maximum absolute atomic E-state index is 5.93. The Morgan fingerprint density at radius 1 is 1.03 bits per heavy atom. The van der Waals surface area contributed by atoms with E-state index in [2.05, 4.69) is 47.8 Å². The van der Waals surface area contributed by atoms with Crippen LogP contribution in [-0.4, -0.2) is 22.3 Å². The molecule has 0 atom stereocenters. The third-order valence-corrected chi connectivity index (χ3v) is 5.00. The van der Waals surface area contributed by atoms with Crippen LogP contribution in [0.3, 0.4) is 0 Å². The van der Waals surface area contributed by atoms with E-state index in [1.165, 1.54) is 11.3 Å². The van der Waals surface area contributed by atoms with Crippen LogP contribution < -0.4 is 15.4 Å². The van der Waals surface area contributed by atoms with Crippen LogP contribution in [0.5, 0.6) is 5.75 Å². The summed E-state index contributed by atoms with van der Waals surface area (Å²) in [4.78, 5) is 4.74. The molecule has 31 heavy (non-hydrogen) atoms. The molecule has 0 aliphatic rings. The lowest BCUT2D eigenvalue weighted by atomic mass is 10.2. The standard InChI is InChI=1S/C24H31N5O.HI/c1-5-25-24(27-16-23-18(2)28-29(4)19(23)3)26-15-21-12-9-13-22(14-21)30-17-20-10-7-6-8-11-20;/h6-14H,5,15-17H2,1-4H3,(H2,25,26,27);1H. The number of ether oxygens (including phenoxy) is 1. The van der Waals surface area contributed by atoms with E-state index in [-0.39, 0.29) is 24.0 Å². The highest BCUT2D eigenvalue weighted by Gasteiger charge is 2.09. The Kier molecular flexibility index (Phi) is 9.84. The number of guanidine groups is 1. The van der Waals surface area contributed by atoms with E-state index in [9.17, 15) is 0 Å². The first-order chi connectivity index (χ1) is 14.6. The summed E-state index contributed by atoms with van der Waals surface area (Å²) in [5.74, 6) is 1.64. The molecular weight excluding hydrogens is 501 g/mol. The van der Waals surface area contributed by atoms with Crippen LogP contribution in [0.15, 0.2) is 59.6 Å². The summed E-state index contributed by atoms with van der Waals surface area (Å²) in [7, 11) is 1.97. The molecule has 0 aliphatic heterocycles. The Bertz CT molecular complexity index is 985. The predicted molar refractivity (Wildman–Crippen MR) is 137 cm³/mol. The first-order valence-corrected chi connectivity index (χ1v) is 10.3. The number of nitrogens with one attached hydrogen (secondary N) is 2. The van der Waals surface area contributed by atoms with Gasteiger partial charge in [0.05, 0.1) is 12.2 Å². The average molecular weight is 533 g/mol. The number of halogens is 1. The van der Waals surface area contributed by atoms with Crippen molar-refractivity contribution in [2.45, 2.75) is 40.5 Å². The highest BCUT2D eigenvalue weighted by Crippen LogP contribution is 2.16. The number of aromatic nitrogens is 2. The highest BCUT2D eigenvalue weighted by molar-refractivity contribution is 14.0. The Balaban J connectivity index is 0.00000341. The normalized spacial score (nSPS) is 11.0. The Morgan fingerprint density at radius 2 is 1.77 bits per heavy atom. The fourth-order valence-electron chi connectivity index (χ4n) is 3.23. The SMILES string of the molecule is CCNC(=NCc1cccc(OCc2ccccc2)c1)NCc1c(C)nn(C)c1C.I. The van der Waals surface area contributed by atoms with E-state index in [1.807, 2.05) is 55.1 Å². The fraction of sp³-hybridized carbons (Fsp3) is 0.333. The highest BCUT2D eigenvalue weighted by atomic mass is 127. The van der Waals surface area contributed by atoms with Crippen molar-refractivity contribution in [2.75, 3.05) is 6.54 Å². The molecule has 0 fully saturated rings. The third kappa shape index (κ3) is 7.27. The number of aliphatic imine (C=N–C) groups is 1. The van der Waals surface area contributed by atoms with Gasteiger partial charge < -0.3 is 15.4 Å². The zero-order valence-corrected chi connectivity index (χ0v) is 21.0. The summed E-state index contributed by atoms with van der Waals surface area (Å²) in [5, 5.41) is 11.2. The summed E-state index contributed by atoms with van der Waals surface area (Å²) in [6.07, 6.45) is 0. The molecule has 0 unspecified atom stereocenters. The third-order valence-electron chi connectivity index (χ3n) is 5.00. The summed E-state index contributed by atoms with van der Waals surface area (Å²) < 4.78 is 7.85. The van der Waals surface area contributed by atoms with Crippen LogP contribution in [0.25, 0.3) is 0 Å². The molecule has 0 aliphatic carbocycles. The largest absolute Gasteiger partial charge is 0.489 e. The van der Waals surface area contributed by atoms with Crippen molar-refractivity contribution in [1.82, 2.24) is 20.4 Å². The van der Waals surface area contributed by atoms with Gasteiger partial charge in [-0.2, -0.15) is 5.10 Å². The molecule has 3 aromatic rings. The number of aryl methyl sites for hydroxylation is 2. The number of benzene rings is 2. The molecule has 0 bridgehead atoms. The van der Waals surface area contributed by atoms with Gasteiger partial charge in [-0.3, -0.25) is 4.68 Å². The van der Waals surface area contributed by atoms with Gasteiger partial charge in [-0.1, -0.05) is 42.5 Å². The molecule has 6 nitrogen and oxygen atoms in total. The summed E-state index contributed by atoms with van der Waals surface area (Å²) in [6.45, 7) is 8.81. The minimum atomic E-state index is 0.